The zero-order chi connectivity index (χ0) is 18.8. The van der Waals surface area contributed by atoms with Crippen molar-refractivity contribution in [3.05, 3.63) is 75.8 Å². The number of carbonyl (C=O) groups excluding carboxylic acids is 1. The highest BCUT2D eigenvalue weighted by Crippen LogP contribution is 2.25. The van der Waals surface area contributed by atoms with Gasteiger partial charge in [0.15, 0.2) is 0 Å². The molecule has 1 heterocycles. The van der Waals surface area contributed by atoms with E-state index in [2.05, 4.69) is 5.32 Å². The number of amides is 1. The Morgan fingerprint density at radius 1 is 1.12 bits per heavy atom. The Kier molecular flexibility index (Phi) is 4.89. The molecule has 3 rings (SSSR count). The first kappa shape index (κ1) is 17.9. The van der Waals surface area contributed by atoms with Crippen molar-refractivity contribution in [2.24, 2.45) is 0 Å². The summed E-state index contributed by atoms with van der Waals surface area (Å²) in [5, 5.41) is 3.54. The molecule has 1 N–H and O–H groups in total. The normalized spacial score (nSPS) is 12.2. The summed E-state index contributed by atoms with van der Waals surface area (Å²) in [6.07, 6.45) is 0.409. The number of hydrogen-bond donors (Lipinski definition) is 1. The lowest BCUT2D eigenvalue weighted by molar-refractivity contribution is -0.119. The standard InChI is InChI=1S/C21H21FN2O2/c1-4-18(21(26)23-17-11-6-5-10-16(17)22)24-19(25)12-14(3)15-9-7-8-13(2)20(15)24/h5-12,18H,4H2,1-3H3,(H,23,26). The predicted molar refractivity (Wildman–Crippen MR) is 102 cm³/mol. The number of carbonyl (C=O) groups is 1. The van der Waals surface area contributed by atoms with E-state index in [4.69, 9.17) is 0 Å². The molecule has 0 saturated heterocycles. The molecule has 0 aliphatic rings. The Morgan fingerprint density at radius 3 is 2.54 bits per heavy atom. The van der Waals surface area contributed by atoms with Crippen LogP contribution in [0.25, 0.3) is 10.9 Å². The van der Waals surface area contributed by atoms with Crippen LogP contribution in [-0.4, -0.2) is 10.5 Å². The number of pyridine rings is 1. The number of nitrogens with zero attached hydrogens (tertiary/aromatic N) is 1. The average molecular weight is 352 g/mol. The molecule has 0 fully saturated rings. The van der Waals surface area contributed by atoms with E-state index in [1.807, 2.05) is 39.0 Å². The molecule has 0 bridgehead atoms. The third-order valence-corrected chi connectivity index (χ3v) is 4.61. The van der Waals surface area contributed by atoms with Gasteiger partial charge in [0, 0.05) is 11.5 Å². The van der Waals surface area contributed by atoms with Gasteiger partial charge in [-0.15, -0.1) is 0 Å². The van der Waals surface area contributed by atoms with Crippen LogP contribution < -0.4 is 10.9 Å². The van der Waals surface area contributed by atoms with Crippen LogP contribution in [0.3, 0.4) is 0 Å². The fourth-order valence-corrected chi connectivity index (χ4v) is 3.31. The molecule has 4 nitrogen and oxygen atoms in total. The molecule has 1 atom stereocenters. The first-order valence-corrected chi connectivity index (χ1v) is 8.61. The lowest BCUT2D eigenvalue weighted by atomic mass is 10.0. The summed E-state index contributed by atoms with van der Waals surface area (Å²) in [5.74, 6) is -0.916. The number of halogens is 1. The summed E-state index contributed by atoms with van der Waals surface area (Å²) in [6.45, 7) is 5.63. The third-order valence-electron chi connectivity index (χ3n) is 4.61. The van der Waals surface area contributed by atoms with Gasteiger partial charge in [-0.25, -0.2) is 4.39 Å². The van der Waals surface area contributed by atoms with Crippen molar-refractivity contribution < 1.29 is 9.18 Å². The van der Waals surface area contributed by atoms with Crippen LogP contribution in [0.15, 0.2) is 53.3 Å². The predicted octanol–water partition coefficient (Wildman–Crippen LogP) is 4.35. The first-order valence-electron chi connectivity index (χ1n) is 8.61. The summed E-state index contributed by atoms with van der Waals surface area (Å²) < 4.78 is 15.4. The summed E-state index contributed by atoms with van der Waals surface area (Å²) in [4.78, 5) is 25.6. The van der Waals surface area contributed by atoms with Crippen molar-refractivity contribution >= 4 is 22.5 Å². The van der Waals surface area contributed by atoms with Gasteiger partial charge < -0.3 is 5.32 Å². The Bertz CT molecular complexity index is 1040. The highest BCUT2D eigenvalue weighted by Gasteiger charge is 2.23. The number of aromatic nitrogens is 1. The fraction of sp³-hybridized carbons (Fsp3) is 0.238. The molecule has 1 amide bonds. The molecule has 0 spiro atoms. The van der Waals surface area contributed by atoms with Gasteiger partial charge in [0.05, 0.1) is 11.2 Å². The van der Waals surface area contributed by atoms with Crippen molar-refractivity contribution in [2.75, 3.05) is 5.32 Å². The molecular weight excluding hydrogens is 331 g/mol. The smallest absolute Gasteiger partial charge is 0.252 e. The average Bonchev–Trinajstić information content (AvgIpc) is 2.60. The molecule has 26 heavy (non-hydrogen) atoms. The van der Waals surface area contributed by atoms with Crippen LogP contribution in [0, 0.1) is 19.7 Å². The number of fused-ring (bicyclic) bond motifs is 1. The lowest BCUT2D eigenvalue weighted by Crippen LogP contribution is -2.33. The molecule has 0 radical (unpaired) electrons. The van der Waals surface area contributed by atoms with E-state index >= 15 is 0 Å². The second-order valence-electron chi connectivity index (χ2n) is 6.40. The molecule has 0 saturated carbocycles. The quantitative estimate of drug-likeness (QED) is 0.759. The monoisotopic (exact) mass is 352 g/mol. The molecule has 2 aromatic carbocycles. The van der Waals surface area contributed by atoms with Crippen LogP contribution in [0.4, 0.5) is 10.1 Å². The van der Waals surface area contributed by atoms with Crippen molar-refractivity contribution in [2.45, 2.75) is 33.2 Å². The van der Waals surface area contributed by atoms with E-state index in [0.29, 0.717) is 6.42 Å². The second-order valence-corrected chi connectivity index (χ2v) is 6.40. The molecule has 1 unspecified atom stereocenters. The number of para-hydroxylation sites is 2. The summed E-state index contributed by atoms with van der Waals surface area (Å²) in [5.41, 5.74) is 2.40. The van der Waals surface area contributed by atoms with Crippen LogP contribution in [0.1, 0.15) is 30.5 Å². The Morgan fingerprint density at radius 2 is 1.85 bits per heavy atom. The maximum atomic E-state index is 13.9. The minimum Gasteiger partial charge on any atom is -0.322 e. The lowest BCUT2D eigenvalue weighted by Gasteiger charge is -2.22. The van der Waals surface area contributed by atoms with Crippen LogP contribution in [0.2, 0.25) is 0 Å². The highest BCUT2D eigenvalue weighted by molar-refractivity contribution is 5.95. The van der Waals surface area contributed by atoms with Crippen LogP contribution in [-0.2, 0) is 4.79 Å². The van der Waals surface area contributed by atoms with Crippen molar-refractivity contribution in [1.29, 1.82) is 0 Å². The van der Waals surface area contributed by atoms with Crippen molar-refractivity contribution in [3.63, 3.8) is 0 Å². The van der Waals surface area contributed by atoms with Gasteiger partial charge in [0.1, 0.15) is 11.9 Å². The number of nitrogens with one attached hydrogen (secondary N) is 1. The number of aryl methyl sites for hydroxylation is 2. The summed E-state index contributed by atoms with van der Waals surface area (Å²) >= 11 is 0. The largest absolute Gasteiger partial charge is 0.322 e. The van der Waals surface area contributed by atoms with E-state index in [0.717, 1.165) is 22.0 Å². The van der Waals surface area contributed by atoms with Gasteiger partial charge in [-0.2, -0.15) is 0 Å². The maximum Gasteiger partial charge on any atom is 0.252 e. The number of anilines is 1. The Labute approximate surface area is 151 Å². The van der Waals surface area contributed by atoms with E-state index in [1.54, 1.807) is 18.2 Å². The molecule has 0 aliphatic heterocycles. The molecule has 134 valence electrons. The van der Waals surface area contributed by atoms with Crippen molar-refractivity contribution in [3.8, 4) is 0 Å². The molecule has 3 aromatic rings. The number of hydrogen-bond acceptors (Lipinski definition) is 2. The van der Waals surface area contributed by atoms with Crippen LogP contribution >= 0.6 is 0 Å². The summed E-state index contributed by atoms with van der Waals surface area (Å²) in [7, 11) is 0. The maximum absolute atomic E-state index is 13.9. The fourth-order valence-electron chi connectivity index (χ4n) is 3.31. The van der Waals surface area contributed by atoms with Gasteiger partial charge in [0.2, 0.25) is 5.91 Å². The van der Waals surface area contributed by atoms with E-state index < -0.39 is 17.8 Å². The Hall–Kier alpha value is -2.95. The van der Waals surface area contributed by atoms with E-state index in [1.165, 1.54) is 16.7 Å². The molecule has 1 aromatic heterocycles. The van der Waals surface area contributed by atoms with E-state index in [9.17, 15) is 14.0 Å². The number of benzene rings is 2. The first-order chi connectivity index (χ1) is 12.4. The van der Waals surface area contributed by atoms with Gasteiger partial charge in [-0.1, -0.05) is 37.3 Å². The zero-order valence-corrected chi connectivity index (χ0v) is 15.0. The number of rotatable bonds is 4. The zero-order valence-electron chi connectivity index (χ0n) is 15.0. The topological polar surface area (TPSA) is 51.1 Å². The van der Waals surface area contributed by atoms with Crippen molar-refractivity contribution in [1.82, 2.24) is 4.57 Å². The Balaban J connectivity index is 2.13. The minimum absolute atomic E-state index is 0.108. The molecule has 0 aliphatic carbocycles. The van der Waals surface area contributed by atoms with Crippen LogP contribution in [0.5, 0.6) is 0 Å². The summed E-state index contributed by atoms with van der Waals surface area (Å²) in [6, 6.07) is 12.6. The van der Waals surface area contributed by atoms with Gasteiger partial charge in [0.25, 0.3) is 5.56 Å². The van der Waals surface area contributed by atoms with Gasteiger partial charge in [-0.3, -0.25) is 14.2 Å². The van der Waals surface area contributed by atoms with Gasteiger partial charge in [-0.05, 0) is 43.5 Å². The minimum atomic E-state index is -0.730. The van der Waals surface area contributed by atoms with Gasteiger partial charge >= 0.3 is 0 Å². The SMILES string of the molecule is CCC(C(=O)Nc1ccccc1F)n1c(=O)cc(C)c2cccc(C)c21. The highest BCUT2D eigenvalue weighted by atomic mass is 19.1. The van der Waals surface area contributed by atoms with E-state index in [-0.39, 0.29) is 11.2 Å². The molecule has 5 heteroatoms. The second kappa shape index (κ2) is 7.12. The third kappa shape index (κ3) is 3.12. The molecular formula is C21H21FN2O2.